The average molecular weight is 313 g/mol. The topological polar surface area (TPSA) is 50.4 Å². The lowest BCUT2D eigenvalue weighted by atomic mass is 9.99. The number of halogens is 1. The Labute approximate surface area is 133 Å². The second-order valence-corrected chi connectivity index (χ2v) is 5.31. The van der Waals surface area contributed by atoms with E-state index in [9.17, 15) is 4.79 Å². The van der Waals surface area contributed by atoms with E-state index in [2.05, 4.69) is 10.6 Å². The van der Waals surface area contributed by atoms with Gasteiger partial charge in [-0.1, -0.05) is 12.1 Å². The molecule has 1 saturated heterocycles. The zero-order valence-electron chi connectivity index (χ0n) is 12.8. The maximum absolute atomic E-state index is 12.1. The molecule has 1 amide bonds. The van der Waals surface area contributed by atoms with Crippen molar-refractivity contribution in [3.05, 3.63) is 29.3 Å². The van der Waals surface area contributed by atoms with Crippen LogP contribution in [0.2, 0.25) is 0 Å². The van der Waals surface area contributed by atoms with Gasteiger partial charge >= 0.3 is 0 Å². The molecule has 1 aliphatic rings. The molecule has 0 radical (unpaired) electrons. The first kappa shape index (κ1) is 17.8. The number of carbonyl (C=O) groups excluding carboxylic acids is 1. The largest absolute Gasteiger partial charge is 0.494 e. The number of ether oxygens (including phenoxy) is 1. The van der Waals surface area contributed by atoms with Crippen LogP contribution in [0.5, 0.6) is 5.75 Å². The lowest BCUT2D eigenvalue weighted by Crippen LogP contribution is -2.40. The highest BCUT2D eigenvalue weighted by atomic mass is 35.5. The molecule has 0 saturated carbocycles. The first-order valence-corrected chi connectivity index (χ1v) is 7.41. The number of hydrogen-bond donors (Lipinski definition) is 2. The Hall–Kier alpha value is -1.26. The summed E-state index contributed by atoms with van der Waals surface area (Å²) in [5.74, 6) is 1.11. The van der Waals surface area contributed by atoms with Crippen molar-refractivity contribution in [3.8, 4) is 5.75 Å². The van der Waals surface area contributed by atoms with E-state index in [4.69, 9.17) is 4.74 Å². The molecule has 1 heterocycles. The van der Waals surface area contributed by atoms with Crippen LogP contribution in [0.1, 0.15) is 30.9 Å². The first-order chi connectivity index (χ1) is 9.70. The summed E-state index contributed by atoms with van der Waals surface area (Å²) in [6.45, 7) is 6.99. The van der Waals surface area contributed by atoms with Crippen LogP contribution in [-0.2, 0) is 11.3 Å². The summed E-state index contributed by atoms with van der Waals surface area (Å²) in [5.41, 5.74) is 2.20. The number of carbonyl (C=O) groups is 1. The molecular formula is C16H25ClN2O2. The van der Waals surface area contributed by atoms with E-state index in [0.29, 0.717) is 13.2 Å². The fourth-order valence-corrected chi connectivity index (χ4v) is 2.50. The van der Waals surface area contributed by atoms with Crippen LogP contribution in [-0.4, -0.2) is 25.6 Å². The highest BCUT2D eigenvalue weighted by Crippen LogP contribution is 2.20. The van der Waals surface area contributed by atoms with Crippen molar-refractivity contribution in [2.45, 2.75) is 33.2 Å². The average Bonchev–Trinajstić information content (AvgIpc) is 2.47. The number of piperidine rings is 1. The first-order valence-electron chi connectivity index (χ1n) is 7.41. The maximum atomic E-state index is 12.1. The summed E-state index contributed by atoms with van der Waals surface area (Å²) in [5, 5.41) is 6.30. The van der Waals surface area contributed by atoms with Crippen LogP contribution in [0.25, 0.3) is 0 Å². The molecule has 0 bridgehead atoms. The van der Waals surface area contributed by atoms with Gasteiger partial charge in [0.1, 0.15) is 5.75 Å². The highest BCUT2D eigenvalue weighted by Gasteiger charge is 2.20. The van der Waals surface area contributed by atoms with Gasteiger partial charge in [0.05, 0.1) is 12.5 Å². The standard InChI is InChI=1S/C16H24N2O2.ClH/c1-3-20-15-9-12(2)6-7-13(15)11-18-16(19)14-5-4-8-17-10-14;/h6-7,9,14,17H,3-5,8,10-11H2,1-2H3,(H,18,19);1H. The van der Waals surface area contributed by atoms with Gasteiger partial charge in [-0.05, 0) is 44.9 Å². The lowest BCUT2D eigenvalue weighted by molar-refractivity contribution is -0.125. The lowest BCUT2D eigenvalue weighted by Gasteiger charge is -2.22. The number of nitrogens with one attached hydrogen (secondary N) is 2. The van der Waals surface area contributed by atoms with Gasteiger partial charge in [0.15, 0.2) is 0 Å². The smallest absolute Gasteiger partial charge is 0.224 e. The summed E-state index contributed by atoms with van der Waals surface area (Å²) >= 11 is 0. The molecule has 1 aliphatic heterocycles. The van der Waals surface area contributed by atoms with Crippen LogP contribution in [0.3, 0.4) is 0 Å². The molecule has 0 spiro atoms. The zero-order chi connectivity index (χ0) is 14.4. The third-order valence-electron chi connectivity index (χ3n) is 3.64. The molecule has 2 rings (SSSR count). The molecule has 1 aromatic rings. The minimum atomic E-state index is 0. The second kappa shape index (κ2) is 8.90. The van der Waals surface area contributed by atoms with Gasteiger partial charge in [-0.15, -0.1) is 12.4 Å². The van der Waals surface area contributed by atoms with E-state index in [0.717, 1.165) is 37.2 Å². The van der Waals surface area contributed by atoms with E-state index < -0.39 is 0 Å². The van der Waals surface area contributed by atoms with E-state index >= 15 is 0 Å². The summed E-state index contributed by atoms with van der Waals surface area (Å²) in [6, 6.07) is 6.10. The van der Waals surface area contributed by atoms with Crippen LogP contribution < -0.4 is 15.4 Å². The van der Waals surface area contributed by atoms with E-state index in [1.165, 1.54) is 5.56 Å². The summed E-state index contributed by atoms with van der Waals surface area (Å²) in [6.07, 6.45) is 2.05. The van der Waals surface area contributed by atoms with Crippen LogP contribution in [0.4, 0.5) is 0 Å². The van der Waals surface area contributed by atoms with Crippen molar-refractivity contribution >= 4 is 18.3 Å². The van der Waals surface area contributed by atoms with Gasteiger partial charge in [-0.25, -0.2) is 0 Å². The van der Waals surface area contributed by atoms with Crippen LogP contribution in [0.15, 0.2) is 18.2 Å². The van der Waals surface area contributed by atoms with Crippen molar-refractivity contribution in [1.29, 1.82) is 0 Å². The highest BCUT2D eigenvalue weighted by molar-refractivity contribution is 5.85. The predicted molar refractivity (Wildman–Crippen MR) is 87.0 cm³/mol. The SMILES string of the molecule is CCOc1cc(C)ccc1CNC(=O)C1CCCNC1.Cl. The molecule has 5 heteroatoms. The molecule has 4 nitrogen and oxygen atoms in total. The normalized spacial score (nSPS) is 17.7. The maximum Gasteiger partial charge on any atom is 0.224 e. The third-order valence-corrected chi connectivity index (χ3v) is 3.64. The van der Waals surface area contributed by atoms with Crippen molar-refractivity contribution < 1.29 is 9.53 Å². The van der Waals surface area contributed by atoms with E-state index in [1.807, 2.05) is 32.0 Å². The molecule has 1 unspecified atom stereocenters. The fraction of sp³-hybridized carbons (Fsp3) is 0.562. The minimum Gasteiger partial charge on any atom is -0.494 e. The summed E-state index contributed by atoms with van der Waals surface area (Å²) < 4.78 is 5.63. The Morgan fingerprint density at radius 1 is 1.48 bits per heavy atom. The molecule has 1 fully saturated rings. The van der Waals surface area contributed by atoms with Crippen LogP contribution >= 0.6 is 12.4 Å². The summed E-state index contributed by atoms with van der Waals surface area (Å²) in [7, 11) is 0. The molecule has 1 atom stereocenters. The quantitative estimate of drug-likeness (QED) is 0.878. The molecule has 0 aromatic heterocycles. The van der Waals surface area contributed by atoms with Gasteiger partial charge in [-0.2, -0.15) is 0 Å². The molecule has 0 aliphatic carbocycles. The Bertz CT molecular complexity index is 460. The van der Waals surface area contributed by atoms with E-state index in [-0.39, 0.29) is 24.2 Å². The van der Waals surface area contributed by atoms with Crippen molar-refractivity contribution in [2.75, 3.05) is 19.7 Å². The van der Waals surface area contributed by atoms with E-state index in [1.54, 1.807) is 0 Å². The Balaban J connectivity index is 0.00000220. The molecule has 118 valence electrons. The zero-order valence-corrected chi connectivity index (χ0v) is 13.6. The molecule has 1 aromatic carbocycles. The van der Waals surface area contributed by atoms with Crippen molar-refractivity contribution in [1.82, 2.24) is 10.6 Å². The van der Waals surface area contributed by atoms with Crippen LogP contribution in [0, 0.1) is 12.8 Å². The number of aryl methyl sites for hydroxylation is 1. The number of benzene rings is 1. The van der Waals surface area contributed by atoms with Gasteiger partial charge in [0.25, 0.3) is 0 Å². The van der Waals surface area contributed by atoms with Gasteiger partial charge in [-0.3, -0.25) is 4.79 Å². The Kier molecular flexibility index (Phi) is 7.54. The molecule has 21 heavy (non-hydrogen) atoms. The predicted octanol–water partition coefficient (Wildman–Crippen LogP) is 2.43. The van der Waals surface area contributed by atoms with Crippen molar-refractivity contribution in [3.63, 3.8) is 0 Å². The Morgan fingerprint density at radius 3 is 2.95 bits per heavy atom. The van der Waals surface area contributed by atoms with Gasteiger partial charge in [0.2, 0.25) is 5.91 Å². The second-order valence-electron chi connectivity index (χ2n) is 5.31. The minimum absolute atomic E-state index is 0. The molecule has 2 N–H and O–H groups in total. The fourth-order valence-electron chi connectivity index (χ4n) is 2.50. The number of hydrogen-bond acceptors (Lipinski definition) is 3. The van der Waals surface area contributed by atoms with Gasteiger partial charge in [0, 0.05) is 18.7 Å². The third kappa shape index (κ3) is 5.21. The molecular weight excluding hydrogens is 288 g/mol. The van der Waals surface area contributed by atoms with Crippen molar-refractivity contribution in [2.24, 2.45) is 5.92 Å². The number of rotatable bonds is 5. The number of amides is 1. The Morgan fingerprint density at radius 2 is 2.29 bits per heavy atom. The summed E-state index contributed by atoms with van der Waals surface area (Å²) in [4.78, 5) is 12.1. The monoisotopic (exact) mass is 312 g/mol. The van der Waals surface area contributed by atoms with Gasteiger partial charge < -0.3 is 15.4 Å².